The second-order valence-electron chi connectivity index (χ2n) is 8.71. The van der Waals surface area contributed by atoms with Crippen molar-refractivity contribution in [1.29, 1.82) is 0 Å². The lowest BCUT2D eigenvalue weighted by atomic mass is 10.0. The highest BCUT2D eigenvalue weighted by molar-refractivity contribution is 5.98. The number of carbonyl (C=O) groups is 2. The molecule has 1 aliphatic rings. The first-order chi connectivity index (χ1) is 17.4. The quantitative estimate of drug-likeness (QED) is 0.275. The molecule has 2 heterocycles. The van der Waals surface area contributed by atoms with Gasteiger partial charge in [-0.2, -0.15) is 0 Å². The number of aryl methyl sites for hydroxylation is 1. The van der Waals surface area contributed by atoms with Gasteiger partial charge in [0.05, 0.1) is 17.2 Å². The molecule has 8 heteroatoms. The molecule has 0 saturated carbocycles. The summed E-state index contributed by atoms with van der Waals surface area (Å²) in [5, 5.41) is 3.13. The van der Waals surface area contributed by atoms with Gasteiger partial charge in [0.15, 0.2) is 11.6 Å². The normalized spacial score (nSPS) is 15.2. The zero-order valence-electron chi connectivity index (χ0n) is 19.5. The summed E-state index contributed by atoms with van der Waals surface area (Å²) in [5.41, 5.74) is 2.87. The lowest BCUT2D eigenvalue weighted by molar-refractivity contribution is -0.139. The van der Waals surface area contributed by atoms with Crippen LogP contribution in [0.15, 0.2) is 65.3 Å². The summed E-state index contributed by atoms with van der Waals surface area (Å²) in [4.78, 5) is 24.5. The number of esters is 2. The molecule has 0 radical (unpaired) electrons. The Labute approximate surface area is 205 Å². The Bertz CT molecular complexity index is 1440. The molecule has 1 N–H and O–H groups in total. The molecular weight excluding hydrogens is 468 g/mol. The monoisotopic (exact) mass is 491 g/mol. The van der Waals surface area contributed by atoms with Crippen molar-refractivity contribution in [3.63, 3.8) is 0 Å². The highest BCUT2D eigenvalue weighted by Crippen LogP contribution is 2.35. The van der Waals surface area contributed by atoms with E-state index in [0.29, 0.717) is 34.4 Å². The Kier molecular flexibility index (Phi) is 6.52. The van der Waals surface area contributed by atoms with E-state index in [1.54, 1.807) is 55.5 Å². The highest BCUT2D eigenvalue weighted by Gasteiger charge is 2.26. The number of nitrogens with one attached hydrogen (secondary N) is 1. The summed E-state index contributed by atoms with van der Waals surface area (Å²) in [6, 6.07) is 14.2. The molecule has 0 bridgehead atoms. The maximum atomic E-state index is 14.2. The average molecular weight is 491 g/mol. The van der Waals surface area contributed by atoms with Crippen molar-refractivity contribution >= 4 is 22.9 Å². The lowest BCUT2D eigenvalue weighted by Gasteiger charge is -2.11. The van der Waals surface area contributed by atoms with Crippen LogP contribution in [0.3, 0.4) is 0 Å². The smallest absolute Gasteiger partial charge is 0.345 e. The van der Waals surface area contributed by atoms with Crippen molar-refractivity contribution < 1.29 is 32.3 Å². The molecule has 36 heavy (non-hydrogen) atoms. The molecule has 1 aliphatic heterocycles. The summed E-state index contributed by atoms with van der Waals surface area (Å²) in [6.07, 6.45) is 2.93. The average Bonchev–Trinajstić information content (AvgIpc) is 3.56. The van der Waals surface area contributed by atoms with Gasteiger partial charge < -0.3 is 19.2 Å². The zero-order valence-corrected chi connectivity index (χ0v) is 19.5. The molecule has 0 unspecified atom stereocenters. The van der Waals surface area contributed by atoms with E-state index >= 15 is 0 Å². The molecule has 1 atom stereocenters. The maximum Gasteiger partial charge on any atom is 0.345 e. The first-order valence-electron chi connectivity index (χ1n) is 11.6. The molecule has 0 aliphatic carbocycles. The number of rotatable bonds is 6. The molecule has 1 saturated heterocycles. The molecule has 1 aromatic heterocycles. The van der Waals surface area contributed by atoms with Crippen molar-refractivity contribution in [3.8, 4) is 16.9 Å². The van der Waals surface area contributed by atoms with Crippen LogP contribution in [-0.4, -0.2) is 24.5 Å². The van der Waals surface area contributed by atoms with Gasteiger partial charge in [-0.15, -0.1) is 0 Å². The van der Waals surface area contributed by atoms with Gasteiger partial charge in [-0.3, -0.25) is 0 Å². The molecule has 0 amide bonds. The van der Waals surface area contributed by atoms with E-state index in [-0.39, 0.29) is 23.1 Å². The van der Waals surface area contributed by atoms with E-state index in [9.17, 15) is 18.4 Å². The van der Waals surface area contributed by atoms with Gasteiger partial charge >= 0.3 is 11.9 Å². The van der Waals surface area contributed by atoms with E-state index < -0.39 is 29.6 Å². The van der Waals surface area contributed by atoms with Crippen LogP contribution in [0, 0.1) is 18.6 Å². The molecule has 184 valence electrons. The Morgan fingerprint density at radius 2 is 1.92 bits per heavy atom. The minimum absolute atomic E-state index is 0.130. The topological polar surface area (TPSA) is 77.8 Å². The van der Waals surface area contributed by atoms with Crippen LogP contribution in [0.25, 0.3) is 22.1 Å². The minimum atomic E-state index is -0.943. The van der Waals surface area contributed by atoms with Crippen molar-refractivity contribution in [2.45, 2.75) is 32.4 Å². The van der Waals surface area contributed by atoms with E-state index in [4.69, 9.17) is 13.9 Å². The lowest BCUT2D eigenvalue weighted by Crippen LogP contribution is -2.33. The van der Waals surface area contributed by atoms with Crippen LogP contribution >= 0.6 is 0 Å². The Morgan fingerprint density at radius 3 is 2.67 bits per heavy atom. The van der Waals surface area contributed by atoms with Gasteiger partial charge in [-0.25, -0.2) is 18.4 Å². The van der Waals surface area contributed by atoms with Crippen molar-refractivity contribution in [2.24, 2.45) is 0 Å². The third-order valence-electron chi connectivity index (χ3n) is 6.19. The first-order valence-corrected chi connectivity index (χ1v) is 11.6. The fourth-order valence-electron chi connectivity index (χ4n) is 4.30. The molecule has 6 nitrogen and oxygen atoms in total. The summed E-state index contributed by atoms with van der Waals surface area (Å²) in [5.74, 6) is -2.59. The molecule has 5 rings (SSSR count). The standard InChI is InChI=1S/C28H23F2NO5/c1-16-14-35-26-21(13-22(29)25(30)24(16)26)18-7-9-20(10-8-18)34-15-17-4-2-5-19(12-17)27(32)36-28(33)23-6-3-11-31-23/h2,4-5,7-10,12-14,23,31H,3,6,11,15H2,1H3/t23-/m0/s1. The summed E-state index contributed by atoms with van der Waals surface area (Å²) in [6.45, 7) is 2.56. The van der Waals surface area contributed by atoms with E-state index in [1.807, 2.05) is 0 Å². The summed E-state index contributed by atoms with van der Waals surface area (Å²) < 4.78 is 44.7. The predicted octanol–water partition coefficient (Wildman–Crippen LogP) is 5.70. The first kappa shape index (κ1) is 23.7. The third-order valence-corrected chi connectivity index (χ3v) is 6.19. The van der Waals surface area contributed by atoms with Crippen molar-refractivity contribution in [1.82, 2.24) is 5.32 Å². The van der Waals surface area contributed by atoms with Crippen LogP contribution in [0.4, 0.5) is 8.78 Å². The van der Waals surface area contributed by atoms with Gasteiger partial charge in [0, 0.05) is 5.56 Å². The Balaban J connectivity index is 1.26. The van der Waals surface area contributed by atoms with Gasteiger partial charge in [-0.05, 0) is 73.3 Å². The molecule has 4 aromatic rings. The number of fused-ring (bicyclic) bond motifs is 1. The van der Waals surface area contributed by atoms with E-state index in [2.05, 4.69) is 5.32 Å². The van der Waals surface area contributed by atoms with Crippen molar-refractivity contribution in [2.75, 3.05) is 6.54 Å². The van der Waals surface area contributed by atoms with Crippen LogP contribution in [-0.2, 0) is 16.1 Å². The predicted molar refractivity (Wildman–Crippen MR) is 129 cm³/mol. The van der Waals surface area contributed by atoms with Crippen LogP contribution in [0.5, 0.6) is 5.75 Å². The fraction of sp³-hybridized carbons (Fsp3) is 0.214. The Morgan fingerprint density at radius 1 is 1.11 bits per heavy atom. The van der Waals surface area contributed by atoms with E-state index in [1.165, 1.54) is 6.26 Å². The van der Waals surface area contributed by atoms with Gasteiger partial charge in [0.2, 0.25) is 0 Å². The Hall–Kier alpha value is -4.04. The second kappa shape index (κ2) is 9.91. The van der Waals surface area contributed by atoms with Crippen LogP contribution in [0.2, 0.25) is 0 Å². The zero-order chi connectivity index (χ0) is 25.2. The number of hydrogen-bond donors (Lipinski definition) is 1. The summed E-state index contributed by atoms with van der Waals surface area (Å²) in [7, 11) is 0. The number of hydrogen-bond acceptors (Lipinski definition) is 6. The van der Waals surface area contributed by atoms with E-state index in [0.717, 1.165) is 19.0 Å². The third kappa shape index (κ3) is 4.72. The number of carbonyl (C=O) groups excluding carboxylic acids is 2. The molecule has 1 fully saturated rings. The van der Waals surface area contributed by atoms with Gasteiger partial charge in [0.25, 0.3) is 0 Å². The van der Waals surface area contributed by atoms with Crippen LogP contribution < -0.4 is 10.1 Å². The number of furan rings is 1. The molecular formula is C28H23F2NO5. The van der Waals surface area contributed by atoms with Gasteiger partial charge in [0.1, 0.15) is 24.0 Å². The number of halogens is 2. The number of ether oxygens (including phenoxy) is 2. The minimum Gasteiger partial charge on any atom is -0.489 e. The highest BCUT2D eigenvalue weighted by atomic mass is 19.2. The fourth-order valence-corrected chi connectivity index (χ4v) is 4.30. The maximum absolute atomic E-state index is 14.2. The summed E-state index contributed by atoms with van der Waals surface area (Å²) >= 11 is 0. The molecule has 3 aromatic carbocycles. The van der Waals surface area contributed by atoms with Crippen molar-refractivity contribution in [3.05, 3.63) is 89.2 Å². The van der Waals surface area contributed by atoms with Crippen LogP contribution in [0.1, 0.15) is 34.3 Å². The molecule has 0 spiro atoms. The largest absolute Gasteiger partial charge is 0.489 e. The second-order valence-corrected chi connectivity index (χ2v) is 8.71. The number of benzene rings is 3. The SMILES string of the molecule is Cc1coc2c(-c3ccc(OCc4cccc(C(=O)OC(=O)[C@@H]5CCCN5)c4)cc3)cc(F)c(F)c12. The van der Waals surface area contributed by atoms with Gasteiger partial charge in [-0.1, -0.05) is 24.3 Å².